The lowest BCUT2D eigenvalue weighted by molar-refractivity contribution is 0.237. The van der Waals surface area contributed by atoms with Crippen molar-refractivity contribution in [3.63, 3.8) is 0 Å². The summed E-state index contributed by atoms with van der Waals surface area (Å²) in [6.07, 6.45) is 11.0. The van der Waals surface area contributed by atoms with E-state index < -0.39 is 0 Å². The number of rotatable bonds is 3. The molecule has 0 aromatic carbocycles. The second-order valence-electron chi connectivity index (χ2n) is 5.73. The quantitative estimate of drug-likeness (QED) is 0.572. The minimum absolute atomic E-state index is 0.340. The number of hydrogen-bond donors (Lipinski definition) is 0. The van der Waals surface area contributed by atoms with Gasteiger partial charge in [-0.3, -0.25) is 0 Å². The minimum Gasteiger partial charge on any atom is -0.0877 e. The van der Waals surface area contributed by atoms with Crippen molar-refractivity contribution < 1.29 is 0 Å². The molecule has 2 unspecified atom stereocenters. The molecule has 0 aliphatic heterocycles. The lowest BCUT2D eigenvalue weighted by Gasteiger charge is -2.37. The summed E-state index contributed by atoms with van der Waals surface area (Å²) in [6, 6.07) is 0. The molecule has 0 heteroatoms. The number of hydrogen-bond acceptors (Lipinski definition) is 0. The molecule has 0 amide bonds. The maximum absolute atomic E-state index is 2.53. The Bertz CT molecular complexity index is 255. The van der Waals surface area contributed by atoms with Crippen LogP contribution < -0.4 is 0 Å². The van der Waals surface area contributed by atoms with Crippen molar-refractivity contribution in [3.05, 3.63) is 23.8 Å². The van der Waals surface area contributed by atoms with E-state index in [0.717, 1.165) is 5.92 Å². The maximum Gasteiger partial charge on any atom is -0.0109 e. The van der Waals surface area contributed by atoms with Gasteiger partial charge < -0.3 is 0 Å². The smallest absolute Gasteiger partial charge is 0.0109 e. The molecule has 86 valence electrons. The van der Waals surface area contributed by atoms with Gasteiger partial charge in [-0.05, 0) is 37.0 Å². The van der Waals surface area contributed by atoms with Crippen LogP contribution in [0.2, 0.25) is 0 Å². The summed E-state index contributed by atoms with van der Waals surface area (Å²) in [7, 11) is 0. The summed E-state index contributed by atoms with van der Waals surface area (Å²) in [5.41, 5.74) is 1.91. The average Bonchev–Trinajstić information content (AvgIpc) is 2.12. The van der Waals surface area contributed by atoms with E-state index in [9.17, 15) is 0 Å². The molecule has 1 rings (SSSR count). The van der Waals surface area contributed by atoms with Crippen molar-refractivity contribution in [2.75, 3.05) is 0 Å². The highest BCUT2D eigenvalue weighted by Gasteiger charge is 2.31. The molecule has 0 nitrogen and oxygen atoms in total. The monoisotopic (exact) mass is 206 g/mol. The van der Waals surface area contributed by atoms with Crippen molar-refractivity contribution in [3.8, 4) is 0 Å². The van der Waals surface area contributed by atoms with Crippen molar-refractivity contribution in [2.24, 2.45) is 17.3 Å². The zero-order valence-corrected chi connectivity index (χ0v) is 11.0. The molecular weight excluding hydrogens is 180 g/mol. The lowest BCUT2D eigenvalue weighted by atomic mass is 9.67. The summed E-state index contributed by atoms with van der Waals surface area (Å²) in [5, 5.41) is 0. The van der Waals surface area contributed by atoms with Crippen LogP contribution in [0, 0.1) is 17.3 Å². The van der Waals surface area contributed by atoms with Crippen molar-refractivity contribution in [2.45, 2.75) is 53.9 Å². The van der Waals surface area contributed by atoms with Crippen LogP contribution in [0.4, 0.5) is 0 Å². The fraction of sp³-hybridized carbons (Fsp3) is 0.733. The highest BCUT2D eigenvalue weighted by molar-refractivity contribution is 5.14. The first-order valence-electron chi connectivity index (χ1n) is 6.32. The van der Waals surface area contributed by atoms with E-state index in [-0.39, 0.29) is 0 Å². The third kappa shape index (κ3) is 3.22. The average molecular weight is 206 g/mol. The predicted octanol–water partition coefficient (Wildman–Crippen LogP) is 4.97. The van der Waals surface area contributed by atoms with Gasteiger partial charge in [0.15, 0.2) is 0 Å². The van der Waals surface area contributed by atoms with Gasteiger partial charge in [0.1, 0.15) is 0 Å². The molecule has 0 bridgehead atoms. The van der Waals surface area contributed by atoms with Gasteiger partial charge in [0.2, 0.25) is 0 Å². The molecule has 0 heterocycles. The highest BCUT2D eigenvalue weighted by atomic mass is 14.4. The Balaban J connectivity index is 2.82. The van der Waals surface area contributed by atoms with E-state index in [4.69, 9.17) is 0 Å². The van der Waals surface area contributed by atoms with E-state index in [1.807, 2.05) is 0 Å². The SMILES string of the molecule is CCC/C(C)=C/C1C(C)CC=CC1(C)C. The summed E-state index contributed by atoms with van der Waals surface area (Å²) in [6.45, 7) is 11.6. The Morgan fingerprint density at radius 2 is 2.13 bits per heavy atom. The molecule has 0 N–H and O–H groups in total. The fourth-order valence-corrected chi connectivity index (χ4v) is 2.74. The predicted molar refractivity (Wildman–Crippen MR) is 68.9 cm³/mol. The molecule has 2 atom stereocenters. The molecule has 0 saturated heterocycles. The normalized spacial score (nSPS) is 30.6. The Hall–Kier alpha value is -0.520. The molecule has 1 aliphatic rings. The maximum atomic E-state index is 2.53. The van der Waals surface area contributed by atoms with Gasteiger partial charge in [-0.25, -0.2) is 0 Å². The molecule has 0 aromatic rings. The van der Waals surface area contributed by atoms with Crippen LogP contribution in [0.3, 0.4) is 0 Å². The van der Waals surface area contributed by atoms with Gasteiger partial charge in [0.25, 0.3) is 0 Å². The van der Waals surface area contributed by atoms with E-state index in [2.05, 4.69) is 52.8 Å². The third-order valence-electron chi connectivity index (χ3n) is 3.64. The van der Waals surface area contributed by atoms with Crippen molar-refractivity contribution >= 4 is 0 Å². The largest absolute Gasteiger partial charge is 0.0877 e. The Kier molecular flexibility index (Phi) is 4.19. The zero-order valence-electron chi connectivity index (χ0n) is 11.0. The summed E-state index contributed by atoms with van der Waals surface area (Å²) in [4.78, 5) is 0. The van der Waals surface area contributed by atoms with E-state index in [1.165, 1.54) is 19.3 Å². The summed E-state index contributed by atoms with van der Waals surface area (Å²) < 4.78 is 0. The first kappa shape index (κ1) is 12.5. The van der Waals surface area contributed by atoms with Gasteiger partial charge in [0.05, 0.1) is 0 Å². The van der Waals surface area contributed by atoms with Crippen molar-refractivity contribution in [1.29, 1.82) is 0 Å². The molecule has 15 heavy (non-hydrogen) atoms. The van der Waals surface area contributed by atoms with E-state index in [0.29, 0.717) is 11.3 Å². The van der Waals surface area contributed by atoms with Gasteiger partial charge in [0, 0.05) is 0 Å². The lowest BCUT2D eigenvalue weighted by Crippen LogP contribution is -2.29. The van der Waals surface area contributed by atoms with Gasteiger partial charge >= 0.3 is 0 Å². The van der Waals surface area contributed by atoms with Crippen LogP contribution in [0.25, 0.3) is 0 Å². The van der Waals surface area contributed by atoms with Crippen molar-refractivity contribution in [1.82, 2.24) is 0 Å². The van der Waals surface area contributed by atoms with Crippen LogP contribution in [0.5, 0.6) is 0 Å². The first-order valence-corrected chi connectivity index (χ1v) is 6.32. The molecular formula is C15H26. The molecule has 0 radical (unpaired) electrons. The number of allylic oxidation sites excluding steroid dienone is 4. The van der Waals surface area contributed by atoms with E-state index in [1.54, 1.807) is 5.57 Å². The molecule has 0 spiro atoms. The van der Waals surface area contributed by atoms with Crippen LogP contribution in [-0.2, 0) is 0 Å². The standard InChI is InChI=1S/C15H26/c1-6-8-12(2)11-14-13(3)9-7-10-15(14,4)5/h7,10-11,13-14H,6,8-9H2,1-5H3/b12-11+. The zero-order chi connectivity index (χ0) is 11.5. The summed E-state index contributed by atoms with van der Waals surface area (Å²) in [5.74, 6) is 1.51. The second kappa shape index (κ2) is 5.01. The van der Waals surface area contributed by atoms with Gasteiger partial charge in [-0.2, -0.15) is 0 Å². The van der Waals surface area contributed by atoms with Gasteiger partial charge in [-0.15, -0.1) is 0 Å². The van der Waals surface area contributed by atoms with Crippen LogP contribution >= 0.6 is 0 Å². The Morgan fingerprint density at radius 3 is 2.67 bits per heavy atom. The van der Waals surface area contributed by atoms with Crippen LogP contribution in [-0.4, -0.2) is 0 Å². The Labute approximate surface area is 95.5 Å². The van der Waals surface area contributed by atoms with Crippen LogP contribution in [0.15, 0.2) is 23.8 Å². The second-order valence-corrected chi connectivity index (χ2v) is 5.73. The summed E-state index contributed by atoms with van der Waals surface area (Å²) >= 11 is 0. The molecule has 0 aromatic heterocycles. The molecule has 0 saturated carbocycles. The van der Waals surface area contributed by atoms with E-state index >= 15 is 0 Å². The fourth-order valence-electron chi connectivity index (χ4n) is 2.74. The minimum atomic E-state index is 0.340. The highest BCUT2D eigenvalue weighted by Crippen LogP contribution is 2.41. The third-order valence-corrected chi connectivity index (χ3v) is 3.64. The van der Waals surface area contributed by atoms with Gasteiger partial charge in [-0.1, -0.05) is 57.9 Å². The topological polar surface area (TPSA) is 0 Å². The van der Waals surface area contributed by atoms with Crippen LogP contribution in [0.1, 0.15) is 53.9 Å². The Morgan fingerprint density at radius 1 is 1.47 bits per heavy atom. The molecule has 1 aliphatic carbocycles. The molecule has 0 fully saturated rings. The first-order chi connectivity index (χ1) is 6.97.